The molecule has 2 aliphatic rings. The van der Waals surface area contributed by atoms with Gasteiger partial charge in [0.2, 0.25) is 0 Å². The van der Waals surface area contributed by atoms with Crippen molar-refractivity contribution in [3.05, 3.63) is 27.5 Å². The second-order valence-electron chi connectivity index (χ2n) is 6.12. The fourth-order valence-electron chi connectivity index (χ4n) is 3.83. The Morgan fingerprint density at radius 3 is 2.67 bits per heavy atom. The van der Waals surface area contributed by atoms with Crippen LogP contribution >= 0.6 is 27.3 Å². The highest BCUT2D eigenvalue weighted by atomic mass is 79.9. The van der Waals surface area contributed by atoms with Crippen molar-refractivity contribution in [2.24, 2.45) is 11.8 Å². The van der Waals surface area contributed by atoms with Crippen LogP contribution in [-0.2, 0) is 0 Å². The summed E-state index contributed by atoms with van der Waals surface area (Å²) in [6.07, 6.45) is 3.89. The molecule has 3 nitrogen and oxygen atoms in total. The molecule has 2 fully saturated rings. The molecule has 1 aromatic heterocycles. The summed E-state index contributed by atoms with van der Waals surface area (Å²) in [5.41, 5.74) is 6.89. The van der Waals surface area contributed by atoms with Crippen LogP contribution in [0.25, 0.3) is 10.1 Å². The predicted octanol–water partition coefficient (Wildman–Crippen LogP) is 4.12. The summed E-state index contributed by atoms with van der Waals surface area (Å²) in [6.45, 7) is 1.83. The molecule has 2 aromatic rings. The van der Waals surface area contributed by atoms with Crippen molar-refractivity contribution in [1.29, 1.82) is 0 Å². The highest BCUT2D eigenvalue weighted by Gasteiger charge is 2.39. The van der Waals surface area contributed by atoms with Gasteiger partial charge in [0, 0.05) is 27.6 Å². The fourth-order valence-corrected chi connectivity index (χ4v) is 5.66. The number of carbonyl (C=O) groups excluding carboxylic acids is 1. The number of nitrogens with two attached hydrogens (primary N) is 1. The number of nitrogens with zero attached hydrogens (tertiary/aromatic N) is 1. The van der Waals surface area contributed by atoms with Crippen molar-refractivity contribution in [3.63, 3.8) is 0 Å². The third kappa shape index (κ3) is 2.09. The third-order valence-corrected chi connectivity index (χ3v) is 6.73. The van der Waals surface area contributed by atoms with Crippen molar-refractivity contribution < 1.29 is 4.79 Å². The summed E-state index contributed by atoms with van der Waals surface area (Å²) in [4.78, 5) is 15.5. The average Bonchev–Trinajstić information content (AvgIpc) is 3.11. The normalized spacial score (nSPS) is 24.7. The van der Waals surface area contributed by atoms with E-state index in [1.807, 2.05) is 23.1 Å². The number of likely N-dealkylation sites (tertiary alicyclic amines) is 1. The van der Waals surface area contributed by atoms with Crippen molar-refractivity contribution >= 4 is 48.9 Å². The summed E-state index contributed by atoms with van der Waals surface area (Å²) in [5.74, 6) is 1.56. The first-order chi connectivity index (χ1) is 10.1. The molecule has 21 heavy (non-hydrogen) atoms. The number of hydrogen-bond acceptors (Lipinski definition) is 3. The molecule has 2 atom stereocenters. The van der Waals surface area contributed by atoms with Crippen molar-refractivity contribution in [1.82, 2.24) is 4.90 Å². The Balaban J connectivity index is 1.69. The number of halogens is 1. The van der Waals surface area contributed by atoms with Crippen LogP contribution in [0.15, 0.2) is 22.7 Å². The Morgan fingerprint density at radius 2 is 2.00 bits per heavy atom. The van der Waals surface area contributed by atoms with E-state index >= 15 is 0 Å². The number of fused-ring (bicyclic) bond motifs is 2. The zero-order chi connectivity index (χ0) is 14.6. The number of nitrogen functional groups attached to an aromatic ring is 1. The van der Waals surface area contributed by atoms with Gasteiger partial charge in [-0.3, -0.25) is 4.79 Å². The van der Waals surface area contributed by atoms with Crippen molar-refractivity contribution in [2.75, 3.05) is 18.8 Å². The molecule has 0 bridgehead atoms. The second kappa shape index (κ2) is 4.99. The molecule has 1 saturated heterocycles. The first-order valence-electron chi connectivity index (χ1n) is 7.41. The van der Waals surface area contributed by atoms with Gasteiger partial charge in [-0.05, 0) is 36.8 Å². The number of anilines is 1. The van der Waals surface area contributed by atoms with E-state index in [9.17, 15) is 4.79 Å². The Labute approximate surface area is 136 Å². The van der Waals surface area contributed by atoms with E-state index in [0.29, 0.717) is 10.6 Å². The molecule has 1 aliphatic heterocycles. The first-order valence-corrected chi connectivity index (χ1v) is 9.02. The topological polar surface area (TPSA) is 46.3 Å². The summed E-state index contributed by atoms with van der Waals surface area (Å²) in [6, 6.07) is 5.98. The SMILES string of the molecule is Nc1c(C(=O)N2CC3CCCC3C2)sc2cccc(Br)c12. The lowest BCUT2D eigenvalue weighted by Crippen LogP contribution is -2.29. The molecule has 1 aromatic carbocycles. The van der Waals surface area contributed by atoms with Gasteiger partial charge in [-0.2, -0.15) is 0 Å². The summed E-state index contributed by atoms with van der Waals surface area (Å²) >= 11 is 5.05. The minimum Gasteiger partial charge on any atom is -0.397 e. The number of rotatable bonds is 1. The van der Waals surface area contributed by atoms with Crippen LogP contribution in [0, 0.1) is 11.8 Å². The molecule has 2 unspecified atom stereocenters. The largest absolute Gasteiger partial charge is 0.397 e. The van der Waals surface area contributed by atoms with Crippen molar-refractivity contribution in [3.8, 4) is 0 Å². The van der Waals surface area contributed by atoms with Crippen LogP contribution in [0.3, 0.4) is 0 Å². The highest BCUT2D eigenvalue weighted by molar-refractivity contribution is 9.10. The Hall–Kier alpha value is -1.07. The van der Waals surface area contributed by atoms with E-state index in [4.69, 9.17) is 5.73 Å². The van der Waals surface area contributed by atoms with Crippen LogP contribution in [0.5, 0.6) is 0 Å². The third-order valence-electron chi connectivity index (χ3n) is 4.91. The predicted molar refractivity (Wildman–Crippen MR) is 90.7 cm³/mol. The highest BCUT2D eigenvalue weighted by Crippen LogP contribution is 2.42. The second-order valence-corrected chi connectivity index (χ2v) is 8.03. The van der Waals surface area contributed by atoms with E-state index in [0.717, 1.165) is 39.5 Å². The van der Waals surface area contributed by atoms with Crippen LogP contribution < -0.4 is 5.73 Å². The number of hydrogen-bond donors (Lipinski definition) is 1. The monoisotopic (exact) mass is 364 g/mol. The van der Waals surface area contributed by atoms with E-state index in [1.165, 1.54) is 30.6 Å². The molecular weight excluding hydrogens is 348 g/mol. The lowest BCUT2D eigenvalue weighted by atomic mass is 10.0. The number of carbonyl (C=O) groups is 1. The van der Waals surface area contributed by atoms with Gasteiger partial charge in [-0.1, -0.05) is 28.4 Å². The molecule has 4 rings (SSSR count). The standard InChI is InChI=1S/C16H17BrN2OS/c17-11-5-2-6-12-13(11)14(18)15(21-12)16(20)19-7-9-3-1-4-10(9)8-19/h2,5-6,9-10H,1,3-4,7-8,18H2. The van der Waals surface area contributed by atoms with Gasteiger partial charge < -0.3 is 10.6 Å². The summed E-state index contributed by atoms with van der Waals surface area (Å²) in [5, 5.41) is 0.977. The van der Waals surface area contributed by atoms with Gasteiger partial charge in [0.25, 0.3) is 5.91 Å². The Kier molecular flexibility index (Phi) is 3.23. The molecule has 2 N–H and O–H groups in total. The molecule has 1 aliphatic carbocycles. The molecule has 0 spiro atoms. The van der Waals surface area contributed by atoms with Crippen LogP contribution in [-0.4, -0.2) is 23.9 Å². The quantitative estimate of drug-likeness (QED) is 0.827. The van der Waals surface area contributed by atoms with Gasteiger partial charge in [0.05, 0.1) is 5.69 Å². The van der Waals surface area contributed by atoms with E-state index in [2.05, 4.69) is 15.9 Å². The fraction of sp³-hybridized carbons (Fsp3) is 0.438. The van der Waals surface area contributed by atoms with Gasteiger partial charge >= 0.3 is 0 Å². The lowest BCUT2D eigenvalue weighted by Gasteiger charge is -2.16. The molecule has 1 amide bonds. The summed E-state index contributed by atoms with van der Waals surface area (Å²) < 4.78 is 2.04. The maximum Gasteiger partial charge on any atom is 0.266 e. The lowest BCUT2D eigenvalue weighted by molar-refractivity contribution is 0.0786. The van der Waals surface area contributed by atoms with Gasteiger partial charge in [0.1, 0.15) is 4.88 Å². The van der Waals surface area contributed by atoms with E-state index in [1.54, 1.807) is 0 Å². The zero-order valence-electron chi connectivity index (χ0n) is 11.6. The minimum absolute atomic E-state index is 0.120. The summed E-state index contributed by atoms with van der Waals surface area (Å²) in [7, 11) is 0. The molecular formula is C16H17BrN2OS. The molecule has 1 saturated carbocycles. The number of benzene rings is 1. The maximum atomic E-state index is 12.8. The first kappa shape index (κ1) is 13.6. The van der Waals surface area contributed by atoms with Crippen LogP contribution in [0.2, 0.25) is 0 Å². The van der Waals surface area contributed by atoms with E-state index < -0.39 is 0 Å². The minimum atomic E-state index is 0.120. The van der Waals surface area contributed by atoms with Gasteiger partial charge in [-0.15, -0.1) is 11.3 Å². The van der Waals surface area contributed by atoms with Gasteiger partial charge in [0.15, 0.2) is 0 Å². The molecule has 0 radical (unpaired) electrons. The zero-order valence-corrected chi connectivity index (χ0v) is 14.0. The smallest absolute Gasteiger partial charge is 0.266 e. The maximum absolute atomic E-state index is 12.8. The molecule has 110 valence electrons. The van der Waals surface area contributed by atoms with E-state index in [-0.39, 0.29) is 5.91 Å². The van der Waals surface area contributed by atoms with Crippen LogP contribution in [0.4, 0.5) is 5.69 Å². The number of thiophene rings is 1. The number of amides is 1. The Morgan fingerprint density at radius 1 is 1.29 bits per heavy atom. The van der Waals surface area contributed by atoms with Crippen LogP contribution in [0.1, 0.15) is 28.9 Å². The van der Waals surface area contributed by atoms with Crippen molar-refractivity contribution in [2.45, 2.75) is 19.3 Å². The molecule has 5 heteroatoms. The Bertz CT molecular complexity index is 714. The van der Waals surface area contributed by atoms with Gasteiger partial charge in [-0.25, -0.2) is 0 Å². The average molecular weight is 365 g/mol. The molecule has 2 heterocycles.